The third-order valence-electron chi connectivity index (χ3n) is 6.25. The van der Waals surface area contributed by atoms with E-state index in [1.807, 2.05) is 38.1 Å². The zero-order valence-electron chi connectivity index (χ0n) is 19.7. The highest BCUT2D eigenvalue weighted by Gasteiger charge is 2.33. The fraction of sp³-hybridized carbons (Fsp3) is 0.400. The first kappa shape index (κ1) is 24.1. The van der Waals surface area contributed by atoms with Gasteiger partial charge in [0.2, 0.25) is 27.6 Å². The predicted octanol–water partition coefficient (Wildman–Crippen LogP) is 3.63. The molecule has 2 heterocycles. The van der Waals surface area contributed by atoms with Gasteiger partial charge in [0.1, 0.15) is 0 Å². The molecule has 0 aliphatic carbocycles. The summed E-state index contributed by atoms with van der Waals surface area (Å²) >= 11 is 0. The number of carbonyl (C=O) groups is 1. The fourth-order valence-corrected chi connectivity index (χ4v) is 5.79. The van der Waals surface area contributed by atoms with E-state index in [1.54, 1.807) is 25.1 Å². The molecule has 0 atom stereocenters. The summed E-state index contributed by atoms with van der Waals surface area (Å²) < 4.78 is 33.5. The van der Waals surface area contributed by atoms with Crippen LogP contribution in [0.3, 0.4) is 0 Å². The summed E-state index contributed by atoms with van der Waals surface area (Å²) in [4.78, 5) is 17.2. The van der Waals surface area contributed by atoms with Crippen molar-refractivity contribution in [3.8, 4) is 11.4 Å². The number of sulfonamides is 1. The van der Waals surface area contributed by atoms with E-state index in [9.17, 15) is 13.2 Å². The van der Waals surface area contributed by atoms with Crippen LogP contribution in [0.2, 0.25) is 0 Å². The number of amides is 1. The van der Waals surface area contributed by atoms with Crippen LogP contribution in [0.5, 0.6) is 0 Å². The number of hydrogen-bond donors (Lipinski definition) is 1. The SMILES string of the molecule is CCc1nc(-c2ccc(C)c(S(=O)(=O)N3CCC(C(=O)NCc4ccc(C)cc4)CC3)c2)no1. The van der Waals surface area contributed by atoms with E-state index >= 15 is 0 Å². The maximum absolute atomic E-state index is 13.4. The lowest BCUT2D eigenvalue weighted by Gasteiger charge is -2.31. The second-order valence-electron chi connectivity index (χ2n) is 8.73. The van der Waals surface area contributed by atoms with Gasteiger partial charge >= 0.3 is 0 Å². The third-order valence-corrected chi connectivity index (χ3v) is 8.29. The maximum atomic E-state index is 13.4. The van der Waals surface area contributed by atoms with Gasteiger partial charge in [-0.25, -0.2) is 8.42 Å². The summed E-state index contributed by atoms with van der Waals surface area (Å²) in [6, 6.07) is 13.2. The molecule has 1 amide bonds. The molecular formula is C25H30N4O4S. The van der Waals surface area contributed by atoms with Crippen molar-refractivity contribution in [2.75, 3.05) is 13.1 Å². The number of benzene rings is 2. The fourth-order valence-electron chi connectivity index (χ4n) is 4.07. The number of aryl methyl sites for hydroxylation is 3. The molecule has 3 aromatic rings. The van der Waals surface area contributed by atoms with Crippen LogP contribution in [0.1, 0.15) is 42.3 Å². The normalized spacial score (nSPS) is 15.4. The first-order valence-electron chi connectivity index (χ1n) is 11.5. The standard InChI is InChI=1S/C25H30N4O4S/c1-4-23-27-24(28-33-23)21-10-7-18(3)22(15-21)34(31,32)29-13-11-20(12-14-29)25(30)26-16-19-8-5-17(2)6-9-19/h5-10,15,20H,4,11-14,16H2,1-3H3,(H,26,30). The molecule has 4 rings (SSSR count). The van der Waals surface area contributed by atoms with E-state index in [1.165, 1.54) is 9.87 Å². The van der Waals surface area contributed by atoms with Crippen LogP contribution in [0.4, 0.5) is 0 Å². The van der Waals surface area contributed by atoms with Crippen LogP contribution in [-0.4, -0.2) is 41.9 Å². The second-order valence-corrected chi connectivity index (χ2v) is 10.6. The van der Waals surface area contributed by atoms with Gasteiger partial charge in [-0.1, -0.05) is 54.0 Å². The van der Waals surface area contributed by atoms with E-state index in [0.717, 1.165) is 5.56 Å². The molecule has 9 heteroatoms. The number of rotatable bonds is 7. The largest absolute Gasteiger partial charge is 0.352 e. The molecular weight excluding hydrogens is 452 g/mol. The van der Waals surface area contributed by atoms with E-state index in [-0.39, 0.29) is 16.7 Å². The predicted molar refractivity (Wildman–Crippen MR) is 128 cm³/mol. The van der Waals surface area contributed by atoms with Crippen molar-refractivity contribution >= 4 is 15.9 Å². The lowest BCUT2D eigenvalue weighted by molar-refractivity contribution is -0.126. The smallest absolute Gasteiger partial charge is 0.243 e. The van der Waals surface area contributed by atoms with Crippen molar-refractivity contribution < 1.29 is 17.7 Å². The highest BCUT2D eigenvalue weighted by Crippen LogP contribution is 2.29. The molecule has 0 radical (unpaired) electrons. The van der Waals surface area contributed by atoms with Crippen molar-refractivity contribution in [1.82, 2.24) is 19.8 Å². The Hall–Kier alpha value is -3.04. The number of carbonyl (C=O) groups excluding carboxylic acids is 1. The topological polar surface area (TPSA) is 105 Å². The highest BCUT2D eigenvalue weighted by molar-refractivity contribution is 7.89. The minimum Gasteiger partial charge on any atom is -0.352 e. The first-order chi connectivity index (χ1) is 16.3. The van der Waals surface area contributed by atoms with Gasteiger partial charge in [0.25, 0.3) is 0 Å². The minimum absolute atomic E-state index is 0.0281. The van der Waals surface area contributed by atoms with E-state index in [2.05, 4.69) is 15.5 Å². The Labute approximate surface area is 200 Å². The van der Waals surface area contributed by atoms with Gasteiger partial charge in [-0.15, -0.1) is 0 Å². The summed E-state index contributed by atoms with van der Waals surface area (Å²) in [5.41, 5.74) is 3.47. The molecule has 0 saturated carbocycles. The van der Waals surface area contributed by atoms with Crippen LogP contribution in [0, 0.1) is 19.8 Å². The van der Waals surface area contributed by atoms with E-state index in [4.69, 9.17) is 4.52 Å². The molecule has 1 fully saturated rings. The molecule has 1 N–H and O–H groups in total. The molecule has 8 nitrogen and oxygen atoms in total. The Morgan fingerprint density at radius 2 is 1.82 bits per heavy atom. The lowest BCUT2D eigenvalue weighted by Crippen LogP contribution is -2.43. The van der Waals surface area contributed by atoms with Crippen molar-refractivity contribution in [3.63, 3.8) is 0 Å². The van der Waals surface area contributed by atoms with Gasteiger partial charge in [-0.05, 0) is 43.9 Å². The molecule has 0 unspecified atom stereocenters. The first-order valence-corrected chi connectivity index (χ1v) is 13.0. The number of aromatic nitrogens is 2. The van der Waals surface area contributed by atoms with Crippen molar-refractivity contribution in [1.29, 1.82) is 0 Å². The van der Waals surface area contributed by atoms with Crippen LogP contribution in [0.15, 0.2) is 51.9 Å². The number of hydrogen-bond acceptors (Lipinski definition) is 6. The number of nitrogens with one attached hydrogen (secondary N) is 1. The van der Waals surface area contributed by atoms with Crippen molar-refractivity contribution in [2.45, 2.75) is 51.5 Å². The minimum atomic E-state index is -3.71. The van der Waals surface area contributed by atoms with E-state index in [0.29, 0.717) is 61.7 Å². The Kier molecular flexibility index (Phi) is 7.13. The summed E-state index contributed by atoms with van der Waals surface area (Å²) in [5.74, 6) is 0.649. The molecule has 0 bridgehead atoms. The molecule has 1 aliphatic heterocycles. The lowest BCUT2D eigenvalue weighted by atomic mass is 9.97. The van der Waals surface area contributed by atoms with Crippen LogP contribution in [-0.2, 0) is 27.8 Å². The molecule has 1 saturated heterocycles. The summed E-state index contributed by atoms with van der Waals surface area (Å²) in [6.45, 7) is 6.78. The quantitative estimate of drug-likeness (QED) is 0.551. The molecule has 1 aliphatic rings. The van der Waals surface area contributed by atoms with Gasteiger partial charge in [-0.3, -0.25) is 4.79 Å². The average Bonchev–Trinajstić information content (AvgIpc) is 3.33. The summed E-state index contributed by atoms with van der Waals surface area (Å²) in [6.07, 6.45) is 1.59. The Bertz CT molecular complexity index is 1260. The van der Waals surface area contributed by atoms with Gasteiger partial charge in [0.15, 0.2) is 0 Å². The summed E-state index contributed by atoms with van der Waals surface area (Å²) in [5, 5.41) is 6.94. The van der Waals surface area contributed by atoms with Crippen LogP contribution in [0.25, 0.3) is 11.4 Å². The zero-order chi connectivity index (χ0) is 24.3. The molecule has 1 aromatic heterocycles. The van der Waals surface area contributed by atoms with Gasteiger partial charge < -0.3 is 9.84 Å². The third kappa shape index (κ3) is 5.20. The Balaban J connectivity index is 1.41. The van der Waals surface area contributed by atoms with Crippen molar-refractivity contribution in [2.24, 2.45) is 5.92 Å². The molecule has 34 heavy (non-hydrogen) atoms. The highest BCUT2D eigenvalue weighted by atomic mass is 32.2. The number of piperidine rings is 1. The summed E-state index contributed by atoms with van der Waals surface area (Å²) in [7, 11) is -3.71. The Morgan fingerprint density at radius 3 is 2.47 bits per heavy atom. The zero-order valence-corrected chi connectivity index (χ0v) is 20.6. The molecule has 2 aromatic carbocycles. The molecule has 180 valence electrons. The average molecular weight is 483 g/mol. The van der Waals surface area contributed by atoms with Gasteiger partial charge in [-0.2, -0.15) is 9.29 Å². The maximum Gasteiger partial charge on any atom is 0.243 e. The van der Waals surface area contributed by atoms with Crippen LogP contribution >= 0.6 is 0 Å². The monoisotopic (exact) mass is 482 g/mol. The second kappa shape index (κ2) is 10.1. The van der Waals surface area contributed by atoms with Gasteiger partial charge in [0, 0.05) is 37.5 Å². The van der Waals surface area contributed by atoms with Gasteiger partial charge in [0.05, 0.1) is 4.90 Å². The number of nitrogens with zero attached hydrogens (tertiary/aromatic N) is 3. The van der Waals surface area contributed by atoms with Crippen molar-refractivity contribution in [3.05, 3.63) is 65.0 Å². The van der Waals surface area contributed by atoms with E-state index < -0.39 is 10.0 Å². The molecule has 0 spiro atoms. The van der Waals surface area contributed by atoms with Crippen LogP contribution < -0.4 is 5.32 Å². The Morgan fingerprint density at radius 1 is 1.12 bits per heavy atom.